The molecule has 2 aromatic carbocycles. The summed E-state index contributed by atoms with van der Waals surface area (Å²) in [6.07, 6.45) is 4.95. The van der Waals surface area contributed by atoms with Gasteiger partial charge in [0, 0.05) is 24.3 Å². The molecule has 4 rings (SSSR count). The van der Waals surface area contributed by atoms with Crippen LogP contribution in [0.4, 0.5) is 26.4 Å². The average Bonchev–Trinajstić information content (AvgIpc) is 3.06. The summed E-state index contributed by atoms with van der Waals surface area (Å²) in [5.41, 5.74) is 2.41. The average molecular weight is 405 g/mol. The van der Waals surface area contributed by atoms with E-state index in [2.05, 4.69) is 25.7 Å². The van der Waals surface area contributed by atoms with Gasteiger partial charge in [0.25, 0.3) is 0 Å². The Hall–Kier alpha value is -3.48. The van der Waals surface area contributed by atoms with Crippen LogP contribution in [0.2, 0.25) is 0 Å². The quantitative estimate of drug-likeness (QED) is 0.617. The SMILES string of the molecule is O=C(Nc1ccc(-c2ccc(N3CCCCCC3)nn2)cc1)Nc1ccccc1F. The highest BCUT2D eigenvalue weighted by molar-refractivity contribution is 5.99. The number of anilines is 3. The number of carbonyl (C=O) groups is 1. The van der Waals surface area contributed by atoms with Gasteiger partial charge in [-0.1, -0.05) is 37.1 Å². The number of aromatic nitrogens is 2. The second-order valence-electron chi connectivity index (χ2n) is 7.31. The molecule has 0 spiro atoms. The Morgan fingerprint density at radius 1 is 0.833 bits per heavy atom. The molecular formula is C23H24FN5O. The summed E-state index contributed by atoms with van der Waals surface area (Å²) in [7, 11) is 0. The van der Waals surface area contributed by atoms with Gasteiger partial charge >= 0.3 is 6.03 Å². The minimum atomic E-state index is -0.505. The van der Waals surface area contributed by atoms with Gasteiger partial charge in [-0.2, -0.15) is 0 Å². The number of hydrogen-bond acceptors (Lipinski definition) is 4. The molecule has 1 aliphatic heterocycles. The molecule has 1 aromatic heterocycles. The highest BCUT2D eigenvalue weighted by atomic mass is 19.1. The van der Waals surface area contributed by atoms with Crippen molar-refractivity contribution in [3.8, 4) is 11.3 Å². The van der Waals surface area contributed by atoms with Crippen molar-refractivity contribution >= 4 is 23.2 Å². The molecule has 1 saturated heterocycles. The van der Waals surface area contributed by atoms with Crippen molar-refractivity contribution in [3.05, 3.63) is 66.5 Å². The van der Waals surface area contributed by atoms with E-state index in [0.717, 1.165) is 30.2 Å². The van der Waals surface area contributed by atoms with Gasteiger partial charge in [0.05, 0.1) is 11.4 Å². The Balaban J connectivity index is 1.38. The van der Waals surface area contributed by atoms with Gasteiger partial charge in [-0.25, -0.2) is 9.18 Å². The van der Waals surface area contributed by atoms with E-state index in [1.807, 2.05) is 24.3 Å². The third kappa shape index (κ3) is 4.92. The van der Waals surface area contributed by atoms with Crippen LogP contribution in [0, 0.1) is 5.82 Å². The van der Waals surface area contributed by atoms with Crippen molar-refractivity contribution in [2.24, 2.45) is 0 Å². The number of halogens is 1. The summed E-state index contributed by atoms with van der Waals surface area (Å²) < 4.78 is 13.6. The Morgan fingerprint density at radius 3 is 2.23 bits per heavy atom. The second-order valence-corrected chi connectivity index (χ2v) is 7.31. The fraction of sp³-hybridized carbons (Fsp3) is 0.261. The van der Waals surface area contributed by atoms with Gasteiger partial charge in [-0.05, 0) is 49.2 Å². The number of carbonyl (C=O) groups excluding carboxylic acids is 1. The molecule has 1 aliphatic rings. The van der Waals surface area contributed by atoms with Crippen LogP contribution in [0.1, 0.15) is 25.7 Å². The number of amides is 2. The summed E-state index contributed by atoms with van der Waals surface area (Å²) in [5, 5.41) is 14.0. The lowest BCUT2D eigenvalue weighted by atomic mass is 10.1. The zero-order valence-corrected chi connectivity index (χ0v) is 16.6. The minimum absolute atomic E-state index is 0.131. The largest absolute Gasteiger partial charge is 0.355 e. The molecule has 7 heteroatoms. The molecule has 0 unspecified atom stereocenters. The van der Waals surface area contributed by atoms with Gasteiger partial charge in [0.2, 0.25) is 0 Å². The second kappa shape index (κ2) is 9.35. The summed E-state index contributed by atoms with van der Waals surface area (Å²) in [6, 6.07) is 16.8. The lowest BCUT2D eigenvalue weighted by Gasteiger charge is -2.20. The molecular weight excluding hydrogens is 381 g/mol. The minimum Gasteiger partial charge on any atom is -0.355 e. The predicted molar refractivity (Wildman–Crippen MR) is 117 cm³/mol. The molecule has 3 aromatic rings. The zero-order chi connectivity index (χ0) is 20.8. The van der Waals surface area contributed by atoms with Crippen molar-refractivity contribution in [3.63, 3.8) is 0 Å². The molecule has 2 heterocycles. The van der Waals surface area contributed by atoms with Gasteiger partial charge in [0.1, 0.15) is 5.82 Å². The fourth-order valence-corrected chi connectivity index (χ4v) is 3.52. The standard InChI is InChI=1S/C23H24FN5O/c24-19-7-3-4-8-21(19)26-23(30)25-18-11-9-17(10-12-18)20-13-14-22(28-27-20)29-15-5-1-2-6-16-29/h3-4,7-14H,1-2,5-6,15-16H2,(H2,25,26,30). The van der Waals surface area contributed by atoms with Crippen LogP contribution in [-0.4, -0.2) is 29.3 Å². The smallest absolute Gasteiger partial charge is 0.323 e. The Labute approximate surface area is 175 Å². The molecule has 0 radical (unpaired) electrons. The highest BCUT2D eigenvalue weighted by Gasteiger charge is 2.12. The Bertz CT molecular complexity index is 983. The molecule has 0 aliphatic carbocycles. The lowest BCUT2D eigenvalue weighted by Crippen LogP contribution is -2.25. The number of nitrogens with zero attached hydrogens (tertiary/aromatic N) is 3. The number of rotatable bonds is 4. The molecule has 1 fully saturated rings. The molecule has 6 nitrogen and oxygen atoms in total. The van der Waals surface area contributed by atoms with E-state index in [1.54, 1.807) is 24.3 Å². The molecule has 30 heavy (non-hydrogen) atoms. The topological polar surface area (TPSA) is 70.2 Å². The van der Waals surface area contributed by atoms with Crippen molar-refractivity contribution in [1.29, 1.82) is 0 Å². The third-order valence-electron chi connectivity index (χ3n) is 5.14. The molecule has 154 valence electrons. The molecule has 2 amide bonds. The van der Waals surface area contributed by atoms with Crippen molar-refractivity contribution in [2.75, 3.05) is 28.6 Å². The monoisotopic (exact) mass is 405 g/mol. The van der Waals surface area contributed by atoms with Crippen LogP contribution < -0.4 is 15.5 Å². The summed E-state index contributed by atoms with van der Waals surface area (Å²) in [6.45, 7) is 2.06. The molecule has 0 atom stereocenters. The maximum absolute atomic E-state index is 13.6. The molecule has 2 N–H and O–H groups in total. The first-order chi connectivity index (χ1) is 14.7. The number of para-hydroxylation sites is 1. The first-order valence-corrected chi connectivity index (χ1v) is 10.2. The fourth-order valence-electron chi connectivity index (χ4n) is 3.52. The van der Waals surface area contributed by atoms with Crippen LogP contribution >= 0.6 is 0 Å². The van der Waals surface area contributed by atoms with Gasteiger partial charge in [0.15, 0.2) is 5.82 Å². The normalized spacial score (nSPS) is 14.1. The van der Waals surface area contributed by atoms with E-state index in [1.165, 1.54) is 37.8 Å². The van der Waals surface area contributed by atoms with E-state index in [4.69, 9.17) is 0 Å². The van der Waals surface area contributed by atoms with Crippen LogP contribution in [0.25, 0.3) is 11.3 Å². The van der Waals surface area contributed by atoms with E-state index >= 15 is 0 Å². The Morgan fingerprint density at radius 2 is 1.57 bits per heavy atom. The number of nitrogens with one attached hydrogen (secondary N) is 2. The summed E-state index contributed by atoms with van der Waals surface area (Å²) in [5.74, 6) is 0.439. The van der Waals surface area contributed by atoms with Crippen molar-refractivity contribution < 1.29 is 9.18 Å². The third-order valence-corrected chi connectivity index (χ3v) is 5.14. The van der Waals surface area contributed by atoms with Crippen molar-refractivity contribution in [2.45, 2.75) is 25.7 Å². The van der Waals surface area contributed by atoms with Crippen LogP contribution in [-0.2, 0) is 0 Å². The number of benzene rings is 2. The Kier molecular flexibility index (Phi) is 6.17. The van der Waals surface area contributed by atoms with E-state index < -0.39 is 11.8 Å². The number of hydrogen-bond donors (Lipinski definition) is 2. The summed E-state index contributed by atoms with van der Waals surface area (Å²) in [4.78, 5) is 14.4. The maximum atomic E-state index is 13.6. The van der Waals surface area contributed by atoms with Crippen LogP contribution in [0.15, 0.2) is 60.7 Å². The van der Waals surface area contributed by atoms with E-state index in [9.17, 15) is 9.18 Å². The highest BCUT2D eigenvalue weighted by Crippen LogP contribution is 2.22. The molecule has 0 saturated carbocycles. The van der Waals surface area contributed by atoms with Crippen LogP contribution in [0.3, 0.4) is 0 Å². The lowest BCUT2D eigenvalue weighted by molar-refractivity contribution is 0.262. The van der Waals surface area contributed by atoms with Crippen LogP contribution in [0.5, 0.6) is 0 Å². The first kappa shape index (κ1) is 19.8. The number of urea groups is 1. The van der Waals surface area contributed by atoms with E-state index in [0.29, 0.717) is 5.69 Å². The van der Waals surface area contributed by atoms with Gasteiger partial charge < -0.3 is 15.5 Å². The summed E-state index contributed by atoms with van der Waals surface area (Å²) >= 11 is 0. The zero-order valence-electron chi connectivity index (χ0n) is 16.6. The first-order valence-electron chi connectivity index (χ1n) is 10.2. The molecule has 0 bridgehead atoms. The predicted octanol–water partition coefficient (Wildman–Crippen LogP) is 5.31. The van der Waals surface area contributed by atoms with Gasteiger partial charge in [-0.3, -0.25) is 0 Å². The van der Waals surface area contributed by atoms with E-state index in [-0.39, 0.29) is 5.69 Å². The maximum Gasteiger partial charge on any atom is 0.323 e. The van der Waals surface area contributed by atoms with Gasteiger partial charge in [-0.15, -0.1) is 10.2 Å². The van der Waals surface area contributed by atoms with Crippen molar-refractivity contribution in [1.82, 2.24) is 10.2 Å².